The zero-order chi connectivity index (χ0) is 21.8. The van der Waals surface area contributed by atoms with E-state index in [0.717, 1.165) is 5.56 Å². The Morgan fingerprint density at radius 1 is 1.00 bits per heavy atom. The van der Waals surface area contributed by atoms with Gasteiger partial charge in [0, 0.05) is 16.3 Å². The predicted molar refractivity (Wildman–Crippen MR) is 114 cm³/mol. The molecule has 30 heavy (non-hydrogen) atoms. The highest BCUT2D eigenvalue weighted by Gasteiger charge is 2.19. The summed E-state index contributed by atoms with van der Waals surface area (Å²) >= 11 is 7.25. The van der Waals surface area contributed by atoms with Crippen LogP contribution in [0.4, 0.5) is 5.69 Å². The Kier molecular flexibility index (Phi) is 6.49. The minimum atomic E-state index is -0.645. The molecular formula is C21H17ClN2O5S. The Morgan fingerprint density at radius 2 is 1.63 bits per heavy atom. The number of aromatic nitrogens is 1. The normalized spacial score (nSPS) is 10.4. The van der Waals surface area contributed by atoms with Crippen LogP contribution in [0.25, 0.3) is 10.6 Å². The van der Waals surface area contributed by atoms with Gasteiger partial charge >= 0.3 is 11.9 Å². The highest BCUT2D eigenvalue weighted by Crippen LogP contribution is 2.30. The van der Waals surface area contributed by atoms with Crippen molar-refractivity contribution in [1.82, 2.24) is 4.98 Å². The van der Waals surface area contributed by atoms with E-state index >= 15 is 0 Å². The zero-order valence-electron chi connectivity index (χ0n) is 16.3. The van der Waals surface area contributed by atoms with E-state index < -0.39 is 17.8 Å². The largest absolute Gasteiger partial charge is 0.465 e. The number of rotatable bonds is 5. The van der Waals surface area contributed by atoms with Gasteiger partial charge in [-0.3, -0.25) is 4.79 Å². The Morgan fingerprint density at radius 3 is 2.20 bits per heavy atom. The van der Waals surface area contributed by atoms with Crippen molar-refractivity contribution in [2.75, 3.05) is 19.5 Å². The maximum absolute atomic E-state index is 12.8. The molecule has 0 atom stereocenters. The molecule has 0 bridgehead atoms. The minimum Gasteiger partial charge on any atom is -0.465 e. The minimum absolute atomic E-state index is 0.108. The van der Waals surface area contributed by atoms with Crippen molar-refractivity contribution >= 4 is 46.5 Å². The summed E-state index contributed by atoms with van der Waals surface area (Å²) in [6.45, 7) is 1.73. The van der Waals surface area contributed by atoms with E-state index in [-0.39, 0.29) is 16.8 Å². The van der Waals surface area contributed by atoms with Crippen molar-refractivity contribution < 1.29 is 23.9 Å². The van der Waals surface area contributed by atoms with Gasteiger partial charge in [-0.25, -0.2) is 14.6 Å². The van der Waals surface area contributed by atoms with Crippen LogP contribution < -0.4 is 5.32 Å². The second-order valence-electron chi connectivity index (χ2n) is 6.18. The molecule has 0 saturated heterocycles. The van der Waals surface area contributed by atoms with E-state index in [2.05, 4.69) is 10.3 Å². The molecule has 0 spiro atoms. The van der Waals surface area contributed by atoms with Crippen molar-refractivity contribution in [3.05, 3.63) is 69.2 Å². The standard InChI is InChI=1S/C21H17ClN2O5S/c1-11-17(30-19(23-11)12-5-4-6-15(22)8-12)18(25)24-16-9-13(20(26)28-2)7-14(10-16)21(27)29-3/h4-10H,1-3H3,(H,24,25). The van der Waals surface area contributed by atoms with Crippen molar-refractivity contribution in [2.45, 2.75) is 6.92 Å². The first-order valence-electron chi connectivity index (χ1n) is 8.68. The molecule has 9 heteroatoms. The molecule has 7 nitrogen and oxygen atoms in total. The molecule has 1 aromatic heterocycles. The second kappa shape index (κ2) is 9.06. The average Bonchev–Trinajstić information content (AvgIpc) is 3.14. The number of thiazole rings is 1. The molecule has 2 aromatic carbocycles. The number of nitrogens with one attached hydrogen (secondary N) is 1. The van der Waals surface area contributed by atoms with E-state index in [1.54, 1.807) is 25.1 Å². The molecule has 0 aliphatic rings. The number of halogens is 1. The molecule has 3 aromatic rings. The van der Waals surface area contributed by atoms with Crippen LogP contribution in [0, 0.1) is 6.92 Å². The third kappa shape index (κ3) is 4.67. The van der Waals surface area contributed by atoms with E-state index in [0.29, 0.717) is 20.6 Å². The van der Waals surface area contributed by atoms with Crippen LogP contribution >= 0.6 is 22.9 Å². The van der Waals surface area contributed by atoms with Gasteiger partial charge in [-0.05, 0) is 37.3 Å². The smallest absolute Gasteiger partial charge is 0.337 e. The second-order valence-corrected chi connectivity index (χ2v) is 7.62. The van der Waals surface area contributed by atoms with Crippen LogP contribution in [0.1, 0.15) is 36.1 Å². The van der Waals surface area contributed by atoms with Gasteiger partial charge in [0.25, 0.3) is 5.91 Å². The number of nitrogens with zero attached hydrogens (tertiary/aromatic N) is 1. The number of amides is 1. The van der Waals surface area contributed by atoms with Gasteiger partial charge in [-0.1, -0.05) is 23.7 Å². The molecule has 1 amide bonds. The molecule has 0 aliphatic heterocycles. The van der Waals surface area contributed by atoms with Gasteiger partial charge < -0.3 is 14.8 Å². The third-order valence-corrected chi connectivity index (χ3v) is 5.55. The summed E-state index contributed by atoms with van der Waals surface area (Å²) in [5, 5.41) is 3.93. The Balaban J connectivity index is 1.92. The molecule has 1 heterocycles. The van der Waals surface area contributed by atoms with Gasteiger partial charge in [0.1, 0.15) is 9.88 Å². The van der Waals surface area contributed by atoms with Crippen LogP contribution in [-0.4, -0.2) is 37.0 Å². The predicted octanol–water partition coefficient (Wildman–Crippen LogP) is 4.60. The number of esters is 2. The lowest BCUT2D eigenvalue weighted by Crippen LogP contribution is -2.14. The van der Waals surface area contributed by atoms with Crippen LogP contribution in [0.2, 0.25) is 5.02 Å². The number of ether oxygens (including phenoxy) is 2. The van der Waals surface area contributed by atoms with Crippen LogP contribution in [0.3, 0.4) is 0 Å². The molecule has 0 saturated carbocycles. The first-order chi connectivity index (χ1) is 14.3. The van der Waals surface area contributed by atoms with Crippen molar-refractivity contribution in [1.29, 1.82) is 0 Å². The van der Waals surface area contributed by atoms with Gasteiger partial charge in [0.2, 0.25) is 0 Å². The first-order valence-corrected chi connectivity index (χ1v) is 9.88. The fourth-order valence-electron chi connectivity index (χ4n) is 2.71. The van der Waals surface area contributed by atoms with Crippen molar-refractivity contribution in [3.63, 3.8) is 0 Å². The van der Waals surface area contributed by atoms with Crippen LogP contribution in [0.15, 0.2) is 42.5 Å². The number of benzene rings is 2. The van der Waals surface area contributed by atoms with E-state index in [9.17, 15) is 14.4 Å². The fourth-order valence-corrected chi connectivity index (χ4v) is 3.86. The Bertz CT molecular complexity index is 1110. The number of carbonyl (C=O) groups excluding carboxylic acids is 3. The van der Waals surface area contributed by atoms with Crippen molar-refractivity contribution in [3.8, 4) is 10.6 Å². The van der Waals surface area contributed by atoms with Gasteiger partial charge in [-0.15, -0.1) is 11.3 Å². The van der Waals surface area contributed by atoms with Gasteiger partial charge in [0.05, 0.1) is 31.0 Å². The SMILES string of the molecule is COC(=O)c1cc(NC(=O)c2sc(-c3cccc(Cl)c3)nc2C)cc(C(=O)OC)c1. The number of methoxy groups -OCH3 is 2. The number of hydrogen-bond acceptors (Lipinski definition) is 7. The number of anilines is 1. The highest BCUT2D eigenvalue weighted by molar-refractivity contribution is 7.17. The van der Waals surface area contributed by atoms with Crippen molar-refractivity contribution in [2.24, 2.45) is 0 Å². The number of hydrogen-bond donors (Lipinski definition) is 1. The molecule has 0 aliphatic carbocycles. The molecule has 0 unspecified atom stereocenters. The van der Waals surface area contributed by atoms with Gasteiger partial charge in [-0.2, -0.15) is 0 Å². The lowest BCUT2D eigenvalue weighted by molar-refractivity contribution is 0.0599. The summed E-state index contributed by atoms with van der Waals surface area (Å²) in [6, 6.07) is 11.4. The molecular weight excluding hydrogens is 428 g/mol. The summed E-state index contributed by atoms with van der Waals surface area (Å²) in [6.07, 6.45) is 0. The summed E-state index contributed by atoms with van der Waals surface area (Å²) < 4.78 is 9.42. The molecule has 0 fully saturated rings. The van der Waals surface area contributed by atoms with E-state index in [1.807, 2.05) is 6.07 Å². The molecule has 0 radical (unpaired) electrons. The van der Waals surface area contributed by atoms with Crippen LogP contribution in [0.5, 0.6) is 0 Å². The highest BCUT2D eigenvalue weighted by atomic mass is 35.5. The summed E-state index contributed by atoms with van der Waals surface area (Å²) in [7, 11) is 2.45. The lowest BCUT2D eigenvalue weighted by Gasteiger charge is -2.09. The Labute approximate surface area is 181 Å². The quantitative estimate of drug-likeness (QED) is 0.578. The Hall–Kier alpha value is -3.23. The summed E-state index contributed by atoms with van der Waals surface area (Å²) in [5.41, 5.74) is 1.81. The molecule has 1 N–H and O–H groups in total. The maximum Gasteiger partial charge on any atom is 0.337 e. The topological polar surface area (TPSA) is 94.6 Å². The average molecular weight is 445 g/mol. The van der Waals surface area contributed by atoms with E-state index in [4.69, 9.17) is 21.1 Å². The maximum atomic E-state index is 12.8. The first kappa shape index (κ1) is 21.5. The van der Waals surface area contributed by atoms with Gasteiger partial charge in [0.15, 0.2) is 0 Å². The third-order valence-electron chi connectivity index (χ3n) is 4.11. The molecule has 3 rings (SSSR count). The lowest BCUT2D eigenvalue weighted by atomic mass is 10.1. The monoisotopic (exact) mass is 444 g/mol. The fraction of sp³-hybridized carbons (Fsp3) is 0.143. The summed E-state index contributed by atoms with van der Waals surface area (Å²) in [4.78, 5) is 41.5. The zero-order valence-corrected chi connectivity index (χ0v) is 17.9. The van der Waals surface area contributed by atoms with E-state index in [1.165, 1.54) is 43.8 Å². The number of carbonyl (C=O) groups is 3. The molecule has 154 valence electrons. The van der Waals surface area contributed by atoms with Crippen LogP contribution in [-0.2, 0) is 9.47 Å². The summed E-state index contributed by atoms with van der Waals surface area (Å²) in [5.74, 6) is -1.71. The number of aryl methyl sites for hydroxylation is 1.